The lowest BCUT2D eigenvalue weighted by Crippen LogP contribution is -2.67. The van der Waals surface area contributed by atoms with Gasteiger partial charge < -0.3 is 79.5 Å². The van der Waals surface area contributed by atoms with Crippen LogP contribution < -0.4 is 0 Å². The van der Waals surface area contributed by atoms with Crippen molar-refractivity contribution in [2.24, 2.45) is 0 Å². The highest BCUT2D eigenvalue weighted by Gasteiger charge is 2.54. The van der Waals surface area contributed by atoms with Crippen molar-refractivity contribution in [1.29, 1.82) is 0 Å². The zero-order valence-electron chi connectivity index (χ0n) is 18.7. The fraction of sp³-hybridized carbons (Fsp3) is 1.00. The second kappa shape index (κ2) is 12.3. The van der Waals surface area contributed by atoms with Crippen molar-refractivity contribution in [3.05, 3.63) is 0 Å². The summed E-state index contributed by atoms with van der Waals surface area (Å²) in [6, 6.07) is 0. The fourth-order valence-corrected chi connectivity index (χ4v) is 4.21. The molecular formula is C19H34O16. The van der Waals surface area contributed by atoms with E-state index in [1.165, 1.54) is 7.11 Å². The van der Waals surface area contributed by atoms with Gasteiger partial charge in [0.05, 0.1) is 19.8 Å². The molecule has 16 heteroatoms. The van der Waals surface area contributed by atoms with Gasteiger partial charge in [0.15, 0.2) is 18.9 Å². The summed E-state index contributed by atoms with van der Waals surface area (Å²) < 4.78 is 32.2. The Hall–Kier alpha value is -0.640. The van der Waals surface area contributed by atoms with E-state index in [2.05, 4.69) is 0 Å². The molecule has 0 saturated carbocycles. The second-order valence-electron chi connectivity index (χ2n) is 8.55. The third kappa shape index (κ3) is 5.78. The van der Waals surface area contributed by atoms with Crippen molar-refractivity contribution in [2.75, 3.05) is 26.9 Å². The van der Waals surface area contributed by atoms with Crippen LogP contribution in [0.15, 0.2) is 0 Å². The first-order valence-electron chi connectivity index (χ1n) is 11.0. The van der Waals surface area contributed by atoms with Gasteiger partial charge in [0.1, 0.15) is 73.2 Å². The number of rotatable bonds is 8. The largest absolute Gasteiger partial charge is 0.394 e. The Balaban J connectivity index is 1.85. The topological polar surface area (TPSA) is 258 Å². The van der Waals surface area contributed by atoms with Gasteiger partial charge in [0.2, 0.25) is 0 Å². The maximum absolute atomic E-state index is 10.7. The van der Waals surface area contributed by atoms with E-state index in [0.717, 1.165) is 0 Å². The van der Waals surface area contributed by atoms with Crippen LogP contribution in [0.1, 0.15) is 0 Å². The molecule has 0 unspecified atom stereocenters. The van der Waals surface area contributed by atoms with Gasteiger partial charge in [-0.05, 0) is 0 Å². The van der Waals surface area contributed by atoms with Crippen LogP contribution >= 0.6 is 0 Å². The molecule has 0 bridgehead atoms. The van der Waals surface area contributed by atoms with Crippen LogP contribution in [0.4, 0.5) is 0 Å². The standard InChI is InChI=1S/C19H34O16/c1-30-17-14(29)15(10(25)7(4-22)31-17)34-19-16(12(27)9(24)6(3-21)33-19)35-18-13(28)11(26)8(23)5(2-20)32-18/h5-29H,2-4H2,1H3/t5-,6-,7-,8-,9-,10-,11+,12+,13-,14-,15+,16-,17+,18-,19+/m1/s1. The number of hydrogen-bond acceptors (Lipinski definition) is 16. The molecule has 0 aliphatic carbocycles. The van der Waals surface area contributed by atoms with E-state index in [0.29, 0.717) is 0 Å². The van der Waals surface area contributed by atoms with Crippen molar-refractivity contribution >= 4 is 0 Å². The molecule has 0 aromatic rings. The molecule has 0 aromatic heterocycles. The zero-order chi connectivity index (χ0) is 26.0. The summed E-state index contributed by atoms with van der Waals surface area (Å²) in [5.74, 6) is 0. The quantitative estimate of drug-likeness (QED) is 0.143. The fourth-order valence-electron chi connectivity index (χ4n) is 4.21. The van der Waals surface area contributed by atoms with Crippen LogP contribution in [0.5, 0.6) is 0 Å². The molecule has 3 aliphatic heterocycles. The van der Waals surface area contributed by atoms with E-state index in [-0.39, 0.29) is 0 Å². The summed E-state index contributed by atoms with van der Waals surface area (Å²) in [6.07, 6.45) is -24.3. The highest BCUT2D eigenvalue weighted by molar-refractivity contribution is 4.96. The summed E-state index contributed by atoms with van der Waals surface area (Å²) >= 11 is 0. The third-order valence-corrected chi connectivity index (χ3v) is 6.31. The molecule has 0 amide bonds. The van der Waals surface area contributed by atoms with E-state index in [1.54, 1.807) is 0 Å². The van der Waals surface area contributed by atoms with Crippen LogP contribution in [-0.4, -0.2) is 170 Å². The SMILES string of the molecule is CO[C@H]1O[C@H](CO)[C@@H](O)[C@H](O[C@@H]2O[C@H](CO)[C@@H](O)[C@H](O)[C@H]2O[C@H]2O[C@H](CO)[C@@H](O)[C@H](O)[C@H]2O)[C@H]1O. The first-order valence-corrected chi connectivity index (χ1v) is 11.0. The van der Waals surface area contributed by atoms with Crippen molar-refractivity contribution in [3.8, 4) is 0 Å². The lowest BCUT2D eigenvalue weighted by Gasteiger charge is -2.48. The molecule has 3 rings (SSSR count). The first kappa shape index (κ1) is 28.9. The highest BCUT2D eigenvalue weighted by atomic mass is 16.8. The van der Waals surface area contributed by atoms with Crippen molar-refractivity contribution in [3.63, 3.8) is 0 Å². The third-order valence-electron chi connectivity index (χ3n) is 6.31. The van der Waals surface area contributed by atoms with Crippen molar-refractivity contribution < 1.29 is 79.5 Å². The molecular weight excluding hydrogens is 484 g/mol. The van der Waals surface area contributed by atoms with Gasteiger partial charge in [-0.25, -0.2) is 0 Å². The Morgan fingerprint density at radius 1 is 0.486 bits per heavy atom. The van der Waals surface area contributed by atoms with E-state index < -0.39 is 112 Å². The summed E-state index contributed by atoms with van der Waals surface area (Å²) in [5.41, 5.74) is 0. The van der Waals surface area contributed by atoms with Crippen LogP contribution in [0.25, 0.3) is 0 Å². The van der Waals surface area contributed by atoms with Crippen molar-refractivity contribution in [1.82, 2.24) is 0 Å². The average molecular weight is 518 g/mol. The minimum atomic E-state index is -1.87. The van der Waals surface area contributed by atoms with Crippen LogP contribution in [0.3, 0.4) is 0 Å². The number of methoxy groups -OCH3 is 1. The van der Waals surface area contributed by atoms with Gasteiger partial charge in [-0.2, -0.15) is 0 Å². The van der Waals surface area contributed by atoms with Gasteiger partial charge in [-0.3, -0.25) is 0 Å². The normalized spacial score (nSPS) is 51.3. The van der Waals surface area contributed by atoms with Gasteiger partial charge >= 0.3 is 0 Å². The molecule has 35 heavy (non-hydrogen) atoms. The minimum absolute atomic E-state index is 0.676. The molecule has 3 saturated heterocycles. The number of hydrogen-bond donors (Lipinski definition) is 10. The van der Waals surface area contributed by atoms with Crippen LogP contribution in [0, 0.1) is 0 Å². The number of ether oxygens (including phenoxy) is 6. The average Bonchev–Trinajstić information content (AvgIpc) is 2.85. The summed E-state index contributed by atoms with van der Waals surface area (Å²) in [7, 11) is 1.20. The van der Waals surface area contributed by atoms with Crippen LogP contribution in [0.2, 0.25) is 0 Å². The Morgan fingerprint density at radius 2 is 0.943 bits per heavy atom. The maximum Gasteiger partial charge on any atom is 0.187 e. The minimum Gasteiger partial charge on any atom is -0.394 e. The Labute approximate surface area is 199 Å². The smallest absolute Gasteiger partial charge is 0.187 e. The number of aliphatic hydroxyl groups excluding tert-OH is 10. The molecule has 3 aliphatic rings. The van der Waals surface area contributed by atoms with E-state index >= 15 is 0 Å². The Kier molecular flexibility index (Phi) is 10.1. The monoisotopic (exact) mass is 518 g/mol. The molecule has 10 N–H and O–H groups in total. The van der Waals surface area contributed by atoms with Gasteiger partial charge in [-0.1, -0.05) is 0 Å². The summed E-state index contributed by atoms with van der Waals surface area (Å²) in [4.78, 5) is 0. The molecule has 3 heterocycles. The lowest BCUT2D eigenvalue weighted by molar-refractivity contribution is -0.388. The summed E-state index contributed by atoms with van der Waals surface area (Å²) in [5, 5.41) is 101. The van der Waals surface area contributed by atoms with E-state index in [9.17, 15) is 51.1 Å². The zero-order valence-corrected chi connectivity index (χ0v) is 18.7. The predicted octanol–water partition coefficient (Wildman–Crippen LogP) is -6.92. The van der Waals surface area contributed by atoms with Gasteiger partial charge in [-0.15, -0.1) is 0 Å². The second-order valence-corrected chi connectivity index (χ2v) is 8.55. The lowest BCUT2D eigenvalue weighted by atomic mass is 9.96. The molecule has 0 radical (unpaired) electrons. The van der Waals surface area contributed by atoms with Gasteiger partial charge in [0.25, 0.3) is 0 Å². The molecule has 206 valence electrons. The molecule has 3 fully saturated rings. The first-order chi connectivity index (χ1) is 16.6. The Bertz CT molecular complexity index is 638. The van der Waals surface area contributed by atoms with Gasteiger partial charge in [0, 0.05) is 7.11 Å². The molecule has 0 spiro atoms. The summed E-state index contributed by atoms with van der Waals surface area (Å²) in [6.45, 7) is -2.21. The van der Waals surface area contributed by atoms with E-state index in [4.69, 9.17) is 28.4 Å². The molecule has 15 atom stereocenters. The van der Waals surface area contributed by atoms with E-state index in [1.807, 2.05) is 0 Å². The molecule has 0 aromatic carbocycles. The van der Waals surface area contributed by atoms with Crippen molar-refractivity contribution in [2.45, 2.75) is 92.1 Å². The molecule has 16 nitrogen and oxygen atoms in total. The maximum atomic E-state index is 10.7. The number of aliphatic hydroxyl groups is 10. The van der Waals surface area contributed by atoms with Crippen LogP contribution in [-0.2, 0) is 28.4 Å². The highest BCUT2D eigenvalue weighted by Crippen LogP contribution is 2.33. The Morgan fingerprint density at radius 3 is 1.49 bits per heavy atom. The predicted molar refractivity (Wildman–Crippen MR) is 106 cm³/mol.